The minimum atomic E-state index is -0.702. The van der Waals surface area contributed by atoms with Gasteiger partial charge in [-0.25, -0.2) is 4.98 Å². The second-order valence-electron chi connectivity index (χ2n) is 4.46. The molecule has 1 heterocycles. The van der Waals surface area contributed by atoms with Crippen LogP contribution in [0.3, 0.4) is 0 Å². The maximum Gasteiger partial charge on any atom is 0.270 e. The smallest absolute Gasteiger partial charge is 0.270 e. The number of hydrogen-bond donors (Lipinski definition) is 3. The molecule has 0 fully saturated rings. The van der Waals surface area contributed by atoms with Crippen molar-refractivity contribution in [3.8, 4) is 0 Å². The lowest BCUT2D eigenvalue weighted by Crippen LogP contribution is -2.46. The summed E-state index contributed by atoms with van der Waals surface area (Å²) in [4.78, 5) is 26.5. The number of nitrogens with two attached hydrogens (primary N) is 2. The minimum absolute atomic E-state index is 0.0632. The second kappa shape index (κ2) is 4.82. The number of amides is 2. The molecule has 0 aliphatic rings. The molecule has 0 radical (unpaired) electrons. The third-order valence-electron chi connectivity index (χ3n) is 2.09. The first-order valence-corrected chi connectivity index (χ1v) is 5.12. The Hall–Kier alpha value is -2.11. The molecule has 17 heavy (non-hydrogen) atoms. The molecule has 0 atom stereocenters. The van der Waals surface area contributed by atoms with Crippen LogP contribution >= 0.6 is 0 Å². The molecule has 0 bridgehead atoms. The van der Waals surface area contributed by atoms with Gasteiger partial charge in [0, 0.05) is 12.0 Å². The topological polar surface area (TPSA) is 111 Å². The summed E-state index contributed by atoms with van der Waals surface area (Å²) in [5.41, 5.74) is 10.6. The SMILES string of the molecule is CC(C)(CC(N)=O)NC(=O)c1ccc(N)cn1. The summed E-state index contributed by atoms with van der Waals surface area (Å²) in [5, 5.41) is 2.68. The third-order valence-corrected chi connectivity index (χ3v) is 2.09. The van der Waals surface area contributed by atoms with Gasteiger partial charge < -0.3 is 16.8 Å². The van der Waals surface area contributed by atoms with Crippen molar-refractivity contribution in [3.05, 3.63) is 24.0 Å². The van der Waals surface area contributed by atoms with E-state index in [1.54, 1.807) is 19.9 Å². The van der Waals surface area contributed by atoms with Gasteiger partial charge in [0.05, 0.1) is 11.9 Å². The molecule has 1 aromatic rings. The number of nitrogen functional groups attached to an aromatic ring is 1. The number of rotatable bonds is 4. The van der Waals surface area contributed by atoms with E-state index in [1.807, 2.05) is 0 Å². The van der Waals surface area contributed by atoms with Crippen LogP contribution in [0.5, 0.6) is 0 Å². The van der Waals surface area contributed by atoms with Crippen molar-refractivity contribution in [2.45, 2.75) is 25.8 Å². The van der Waals surface area contributed by atoms with E-state index < -0.39 is 11.4 Å². The fourth-order valence-corrected chi connectivity index (χ4v) is 1.39. The highest BCUT2D eigenvalue weighted by Crippen LogP contribution is 2.09. The molecule has 0 saturated heterocycles. The van der Waals surface area contributed by atoms with E-state index in [-0.39, 0.29) is 18.0 Å². The second-order valence-corrected chi connectivity index (χ2v) is 4.46. The van der Waals surface area contributed by atoms with Crippen molar-refractivity contribution in [2.24, 2.45) is 5.73 Å². The molecule has 6 nitrogen and oxygen atoms in total. The van der Waals surface area contributed by atoms with Crippen molar-refractivity contribution in [2.75, 3.05) is 5.73 Å². The van der Waals surface area contributed by atoms with Crippen LogP contribution < -0.4 is 16.8 Å². The summed E-state index contributed by atoms with van der Waals surface area (Å²) >= 11 is 0. The number of carbonyl (C=O) groups excluding carboxylic acids is 2. The number of nitrogens with zero attached hydrogens (tertiary/aromatic N) is 1. The molecule has 1 aromatic heterocycles. The number of pyridine rings is 1. The van der Waals surface area contributed by atoms with Gasteiger partial charge in [-0.15, -0.1) is 0 Å². The van der Waals surface area contributed by atoms with E-state index in [0.717, 1.165) is 0 Å². The summed E-state index contributed by atoms with van der Waals surface area (Å²) in [5.74, 6) is -0.836. The molecule has 0 saturated carbocycles. The highest BCUT2D eigenvalue weighted by molar-refractivity contribution is 5.93. The molecule has 92 valence electrons. The molecule has 5 N–H and O–H groups in total. The number of primary amides is 1. The van der Waals surface area contributed by atoms with E-state index in [9.17, 15) is 9.59 Å². The number of nitrogens with one attached hydrogen (secondary N) is 1. The van der Waals surface area contributed by atoms with Crippen molar-refractivity contribution in [1.82, 2.24) is 10.3 Å². The predicted molar refractivity (Wildman–Crippen MR) is 64.0 cm³/mol. The Morgan fingerprint density at radius 3 is 2.53 bits per heavy atom. The van der Waals surface area contributed by atoms with E-state index in [1.165, 1.54) is 12.3 Å². The molecule has 6 heteroatoms. The summed E-state index contributed by atoms with van der Waals surface area (Å²) < 4.78 is 0. The van der Waals surface area contributed by atoms with Crippen molar-refractivity contribution in [3.63, 3.8) is 0 Å². The Morgan fingerprint density at radius 2 is 2.06 bits per heavy atom. The van der Waals surface area contributed by atoms with Gasteiger partial charge in [0.25, 0.3) is 5.91 Å². The minimum Gasteiger partial charge on any atom is -0.397 e. The van der Waals surface area contributed by atoms with Crippen LogP contribution in [-0.4, -0.2) is 22.3 Å². The van der Waals surface area contributed by atoms with Crippen LogP contribution in [0.25, 0.3) is 0 Å². The molecule has 2 amide bonds. The number of hydrogen-bond acceptors (Lipinski definition) is 4. The van der Waals surface area contributed by atoms with Crippen LogP contribution in [0, 0.1) is 0 Å². The van der Waals surface area contributed by atoms with Crippen LogP contribution in [0.1, 0.15) is 30.8 Å². The summed E-state index contributed by atoms with van der Waals surface area (Å²) in [6.07, 6.45) is 1.46. The van der Waals surface area contributed by atoms with Crippen LogP contribution in [0.2, 0.25) is 0 Å². The number of carbonyl (C=O) groups is 2. The van der Waals surface area contributed by atoms with Crippen molar-refractivity contribution in [1.29, 1.82) is 0 Å². The summed E-state index contributed by atoms with van der Waals surface area (Å²) in [7, 11) is 0. The molecule has 0 aliphatic carbocycles. The van der Waals surface area contributed by atoms with Crippen LogP contribution in [0.4, 0.5) is 5.69 Å². The van der Waals surface area contributed by atoms with Gasteiger partial charge in [0.15, 0.2) is 0 Å². The average Bonchev–Trinajstić information content (AvgIpc) is 2.15. The summed E-state index contributed by atoms with van der Waals surface area (Å²) in [6.45, 7) is 3.43. The first-order chi connectivity index (χ1) is 7.80. The molecule has 0 unspecified atom stereocenters. The standard InChI is InChI=1S/C11H16N4O2/c1-11(2,5-9(13)16)15-10(17)8-4-3-7(12)6-14-8/h3-4,6H,5,12H2,1-2H3,(H2,13,16)(H,15,17). The van der Waals surface area contributed by atoms with E-state index in [0.29, 0.717) is 5.69 Å². The Morgan fingerprint density at radius 1 is 1.41 bits per heavy atom. The quantitative estimate of drug-likeness (QED) is 0.685. The molecule has 0 aromatic carbocycles. The molecule has 0 spiro atoms. The zero-order valence-corrected chi connectivity index (χ0v) is 9.86. The Bertz CT molecular complexity index is 426. The molecular formula is C11H16N4O2. The normalized spacial score (nSPS) is 10.9. The van der Waals surface area contributed by atoms with Crippen LogP contribution in [-0.2, 0) is 4.79 Å². The predicted octanol–water partition coefficient (Wildman–Crippen LogP) is 0.0476. The Kier molecular flexibility index (Phi) is 3.67. The number of anilines is 1. The monoisotopic (exact) mass is 236 g/mol. The third kappa shape index (κ3) is 4.10. The highest BCUT2D eigenvalue weighted by Gasteiger charge is 2.23. The lowest BCUT2D eigenvalue weighted by molar-refractivity contribution is -0.119. The zero-order chi connectivity index (χ0) is 13.1. The fraction of sp³-hybridized carbons (Fsp3) is 0.364. The summed E-state index contributed by atoms with van der Waals surface area (Å²) in [6, 6.07) is 3.11. The van der Waals surface area contributed by atoms with Gasteiger partial charge in [0.1, 0.15) is 5.69 Å². The van der Waals surface area contributed by atoms with Gasteiger partial charge >= 0.3 is 0 Å². The van der Waals surface area contributed by atoms with Gasteiger partial charge in [-0.05, 0) is 26.0 Å². The van der Waals surface area contributed by atoms with Crippen molar-refractivity contribution < 1.29 is 9.59 Å². The van der Waals surface area contributed by atoms with E-state index >= 15 is 0 Å². The first kappa shape index (κ1) is 13.0. The molecule has 0 aliphatic heterocycles. The lowest BCUT2D eigenvalue weighted by atomic mass is 10.00. The van der Waals surface area contributed by atoms with Crippen LogP contribution in [0.15, 0.2) is 18.3 Å². The Balaban J connectivity index is 2.72. The van der Waals surface area contributed by atoms with Gasteiger partial charge in [-0.1, -0.05) is 0 Å². The first-order valence-electron chi connectivity index (χ1n) is 5.12. The Labute approximate surface area is 99.4 Å². The van der Waals surface area contributed by atoms with E-state index in [4.69, 9.17) is 11.5 Å². The maximum atomic E-state index is 11.8. The lowest BCUT2D eigenvalue weighted by Gasteiger charge is -2.24. The average molecular weight is 236 g/mol. The molecule has 1 rings (SSSR count). The highest BCUT2D eigenvalue weighted by atomic mass is 16.2. The number of aromatic nitrogens is 1. The van der Waals surface area contributed by atoms with Gasteiger partial charge in [0.2, 0.25) is 5.91 Å². The van der Waals surface area contributed by atoms with Gasteiger partial charge in [-0.2, -0.15) is 0 Å². The van der Waals surface area contributed by atoms with Gasteiger partial charge in [-0.3, -0.25) is 9.59 Å². The molecular weight excluding hydrogens is 220 g/mol. The fourth-order valence-electron chi connectivity index (χ4n) is 1.39. The largest absolute Gasteiger partial charge is 0.397 e. The van der Waals surface area contributed by atoms with Crippen molar-refractivity contribution >= 4 is 17.5 Å². The van der Waals surface area contributed by atoms with E-state index in [2.05, 4.69) is 10.3 Å². The zero-order valence-electron chi connectivity index (χ0n) is 9.86. The maximum absolute atomic E-state index is 11.8.